The maximum Gasteiger partial charge on any atom is 0.380 e. The van der Waals surface area contributed by atoms with Gasteiger partial charge in [0.2, 0.25) is 0 Å². The number of rotatable bonds is 10. The minimum Gasteiger partial charge on any atom is -0.463 e. The standard InChI is InChI=1S/C25H31N2O10P/c1-5-12-25(32)21(29)19(36-23(25)27-13-11-20(28)26-24(27)31)14-34-38(33,37-18-9-7-6-8-10-18)15-17(4)22(30)35-16(2)3/h6-11,13,16-17,19,21,23,29,32H,14-15H2,1-4H3,(H,26,28,31)/t17-,19-,21+,23-,25?,38+/m1/s1/i14D2. The first-order chi connectivity index (χ1) is 18.6. The van der Waals surface area contributed by atoms with Gasteiger partial charge in [0.1, 0.15) is 18.0 Å². The second-order valence-electron chi connectivity index (χ2n) is 8.87. The van der Waals surface area contributed by atoms with Crippen LogP contribution in [-0.2, 0) is 23.4 Å². The summed E-state index contributed by atoms with van der Waals surface area (Å²) in [5.74, 6) is 2.99. The van der Waals surface area contributed by atoms with Crippen LogP contribution < -0.4 is 15.8 Å². The summed E-state index contributed by atoms with van der Waals surface area (Å²) in [6.07, 6.45) is -6.13. The number of esters is 1. The van der Waals surface area contributed by atoms with E-state index in [1.807, 2.05) is 4.98 Å². The van der Waals surface area contributed by atoms with Crippen LogP contribution in [0.2, 0.25) is 0 Å². The molecule has 1 fully saturated rings. The number of aromatic amines is 1. The number of carbonyl (C=O) groups excluding carboxylic acids is 1. The van der Waals surface area contributed by atoms with Crippen molar-refractivity contribution in [1.29, 1.82) is 0 Å². The Balaban J connectivity index is 1.99. The van der Waals surface area contributed by atoms with Gasteiger partial charge in [-0.3, -0.25) is 23.7 Å². The van der Waals surface area contributed by atoms with E-state index in [9.17, 15) is 29.2 Å². The average molecular weight is 553 g/mol. The fraction of sp³-hybridized carbons (Fsp3) is 0.480. The van der Waals surface area contributed by atoms with Gasteiger partial charge in [0.15, 0.2) is 11.8 Å². The van der Waals surface area contributed by atoms with E-state index in [0.717, 1.165) is 16.8 Å². The van der Waals surface area contributed by atoms with E-state index in [4.69, 9.17) is 21.3 Å². The van der Waals surface area contributed by atoms with Gasteiger partial charge in [0.05, 0.1) is 27.5 Å². The van der Waals surface area contributed by atoms with Crippen LogP contribution in [0.5, 0.6) is 5.75 Å². The molecule has 2 aromatic rings. The van der Waals surface area contributed by atoms with E-state index in [1.165, 1.54) is 26.0 Å². The summed E-state index contributed by atoms with van der Waals surface area (Å²) in [6.45, 7) is 2.84. The summed E-state index contributed by atoms with van der Waals surface area (Å²) >= 11 is 0. The molecule has 12 nitrogen and oxygen atoms in total. The number of benzene rings is 1. The molecule has 1 aromatic carbocycles. The molecule has 1 aliphatic heterocycles. The maximum absolute atomic E-state index is 14.0. The summed E-state index contributed by atoms with van der Waals surface area (Å²) in [7, 11) is -4.56. The number of aliphatic hydroxyl groups is 2. The number of aliphatic hydroxyl groups excluding tert-OH is 1. The van der Waals surface area contributed by atoms with E-state index >= 15 is 0 Å². The molecule has 1 aliphatic rings. The molecule has 0 amide bonds. The summed E-state index contributed by atoms with van der Waals surface area (Å²) in [4.78, 5) is 38.4. The second-order valence-corrected chi connectivity index (χ2v) is 10.8. The lowest BCUT2D eigenvalue weighted by atomic mass is 9.94. The lowest BCUT2D eigenvalue weighted by Crippen LogP contribution is -2.48. The molecule has 1 unspecified atom stereocenters. The number of nitrogens with one attached hydrogen (secondary N) is 1. The Kier molecular flexibility index (Phi) is 8.42. The molecule has 1 saturated heterocycles. The predicted molar refractivity (Wildman–Crippen MR) is 136 cm³/mol. The first-order valence-electron chi connectivity index (χ1n) is 12.7. The molecule has 13 heteroatoms. The number of hydrogen-bond acceptors (Lipinski definition) is 10. The molecule has 0 radical (unpaired) electrons. The van der Waals surface area contributed by atoms with E-state index in [2.05, 4.69) is 11.8 Å². The lowest BCUT2D eigenvalue weighted by Gasteiger charge is -2.26. The van der Waals surface area contributed by atoms with Crippen molar-refractivity contribution in [1.82, 2.24) is 9.55 Å². The number of carbonyl (C=O) groups is 1. The van der Waals surface area contributed by atoms with Crippen molar-refractivity contribution in [2.24, 2.45) is 5.92 Å². The van der Waals surface area contributed by atoms with Crippen LogP contribution in [0, 0.1) is 17.8 Å². The predicted octanol–water partition coefficient (Wildman–Crippen LogP) is 1.43. The van der Waals surface area contributed by atoms with E-state index in [0.29, 0.717) is 0 Å². The van der Waals surface area contributed by atoms with Crippen LogP contribution in [0.1, 0.15) is 36.7 Å². The fourth-order valence-corrected chi connectivity index (χ4v) is 5.35. The highest BCUT2D eigenvalue weighted by Gasteiger charge is 2.56. The van der Waals surface area contributed by atoms with Gasteiger partial charge in [-0.2, -0.15) is 0 Å². The largest absolute Gasteiger partial charge is 0.463 e. The first-order valence-corrected chi connectivity index (χ1v) is 13.4. The van der Waals surface area contributed by atoms with Gasteiger partial charge in [-0.05, 0) is 32.9 Å². The Morgan fingerprint density at radius 2 is 1.97 bits per heavy atom. The topological polar surface area (TPSA) is 166 Å². The summed E-state index contributed by atoms with van der Waals surface area (Å²) in [6, 6.07) is 8.65. The van der Waals surface area contributed by atoms with Gasteiger partial charge in [-0.15, -0.1) is 5.92 Å². The zero-order valence-electron chi connectivity index (χ0n) is 23.2. The summed E-state index contributed by atoms with van der Waals surface area (Å²) in [5, 5.41) is 22.3. The molecular weight excluding hydrogens is 519 g/mol. The number of H-pyrrole nitrogens is 1. The number of hydrogen-bond donors (Lipinski definition) is 3. The van der Waals surface area contributed by atoms with Crippen molar-refractivity contribution in [2.45, 2.75) is 57.8 Å². The Bertz CT molecular complexity index is 1430. The second kappa shape index (κ2) is 12.1. The molecule has 0 saturated carbocycles. The fourth-order valence-electron chi connectivity index (χ4n) is 3.64. The van der Waals surface area contributed by atoms with E-state index in [1.54, 1.807) is 32.0 Å². The smallest absolute Gasteiger partial charge is 0.380 e. The zero-order chi connectivity index (χ0) is 29.9. The highest BCUT2D eigenvalue weighted by atomic mass is 31.2. The monoisotopic (exact) mass is 552 g/mol. The number of nitrogens with zero attached hydrogens (tertiary/aromatic N) is 1. The molecule has 3 N–H and O–H groups in total. The third kappa shape index (κ3) is 6.81. The summed E-state index contributed by atoms with van der Waals surface area (Å²) < 4.78 is 53.5. The van der Waals surface area contributed by atoms with Crippen molar-refractivity contribution < 1.29 is 40.8 Å². The lowest BCUT2D eigenvalue weighted by molar-refractivity contribution is -0.151. The van der Waals surface area contributed by atoms with Gasteiger partial charge in [-0.25, -0.2) is 9.36 Å². The summed E-state index contributed by atoms with van der Waals surface area (Å²) in [5.41, 5.74) is -4.33. The zero-order valence-corrected chi connectivity index (χ0v) is 22.1. The molecule has 206 valence electrons. The quantitative estimate of drug-likeness (QED) is 0.223. The van der Waals surface area contributed by atoms with Crippen molar-refractivity contribution in [3.63, 3.8) is 0 Å². The number of ether oxygens (including phenoxy) is 2. The molecule has 0 spiro atoms. The van der Waals surface area contributed by atoms with E-state index in [-0.39, 0.29) is 5.75 Å². The molecular formula is C25H31N2O10P. The Labute approximate surface area is 221 Å². The van der Waals surface area contributed by atoms with Gasteiger partial charge in [-0.1, -0.05) is 31.0 Å². The maximum atomic E-state index is 14.0. The van der Waals surface area contributed by atoms with Crippen LogP contribution in [0.15, 0.2) is 52.2 Å². The third-order valence-electron chi connectivity index (χ3n) is 5.37. The van der Waals surface area contributed by atoms with Gasteiger partial charge in [0.25, 0.3) is 5.56 Å². The first kappa shape index (κ1) is 26.4. The SMILES string of the molecule is [2H]C([2H])(O[P@@](=O)(C[C@@H](C)C(=O)OC(C)C)Oc1ccccc1)[C@H]1O[C@@H](n2ccc(=O)[nH]c2=O)C(O)(C#CC)[C@H]1O. The van der Waals surface area contributed by atoms with Crippen LogP contribution in [0.4, 0.5) is 0 Å². The van der Waals surface area contributed by atoms with Gasteiger partial charge < -0.3 is 24.2 Å². The van der Waals surface area contributed by atoms with Crippen LogP contribution in [0.25, 0.3) is 0 Å². The average Bonchev–Trinajstić information content (AvgIpc) is 3.10. The van der Waals surface area contributed by atoms with Crippen molar-refractivity contribution in [2.75, 3.05) is 12.7 Å². The number of para-hydroxylation sites is 1. The molecule has 1 aromatic heterocycles. The van der Waals surface area contributed by atoms with Crippen LogP contribution in [0.3, 0.4) is 0 Å². The molecule has 38 heavy (non-hydrogen) atoms. The van der Waals surface area contributed by atoms with Crippen molar-refractivity contribution >= 4 is 13.6 Å². The van der Waals surface area contributed by atoms with Gasteiger partial charge >= 0.3 is 19.3 Å². The minimum atomic E-state index is -4.56. The molecule has 2 heterocycles. The Morgan fingerprint density at radius 3 is 2.58 bits per heavy atom. The van der Waals surface area contributed by atoms with Crippen molar-refractivity contribution in [3.05, 3.63) is 63.4 Å². The Morgan fingerprint density at radius 1 is 1.29 bits per heavy atom. The highest BCUT2D eigenvalue weighted by Crippen LogP contribution is 2.51. The molecule has 0 bridgehead atoms. The van der Waals surface area contributed by atoms with E-state index < -0.39 is 73.6 Å². The normalized spacial score (nSPS) is 26.3. The Hall–Kier alpha value is -3.20. The van der Waals surface area contributed by atoms with Crippen LogP contribution >= 0.6 is 7.60 Å². The molecule has 0 aliphatic carbocycles. The van der Waals surface area contributed by atoms with Crippen LogP contribution in [-0.4, -0.2) is 62.4 Å². The van der Waals surface area contributed by atoms with Crippen molar-refractivity contribution in [3.8, 4) is 17.6 Å². The molecule has 6 atom stereocenters. The number of aromatic nitrogens is 2. The highest BCUT2D eigenvalue weighted by molar-refractivity contribution is 7.54. The minimum absolute atomic E-state index is 0.0463. The third-order valence-corrected chi connectivity index (χ3v) is 7.23. The molecule has 3 rings (SSSR count). The van der Waals surface area contributed by atoms with Gasteiger partial charge in [0, 0.05) is 12.3 Å².